The molecule has 0 saturated carbocycles. The van der Waals surface area contributed by atoms with E-state index in [2.05, 4.69) is 44.4 Å². The van der Waals surface area contributed by atoms with Crippen LogP contribution in [0.25, 0.3) is 0 Å². The fourth-order valence-electron chi connectivity index (χ4n) is 5.22. The Kier molecular flexibility index (Phi) is 5.97. The topological polar surface area (TPSA) is 84.8 Å². The lowest BCUT2D eigenvalue weighted by molar-refractivity contribution is -0.129. The van der Waals surface area contributed by atoms with Crippen molar-refractivity contribution in [1.82, 2.24) is 19.8 Å². The van der Waals surface area contributed by atoms with Crippen molar-refractivity contribution in [1.29, 1.82) is 0 Å². The van der Waals surface area contributed by atoms with Crippen molar-refractivity contribution in [2.45, 2.75) is 50.9 Å². The Morgan fingerprint density at radius 1 is 1.09 bits per heavy atom. The number of nitrogens with zero attached hydrogens (tertiary/aromatic N) is 5. The SMILES string of the molecule is CC(=O)N1CCC(Nc2ccnc(N3C[C@@H](O)[C@H](N4CCc5ccccc5C4)C3)n2)CC1. The second-order valence-electron chi connectivity index (χ2n) is 9.20. The molecule has 5 rings (SSSR count). The fourth-order valence-corrected chi connectivity index (χ4v) is 5.22. The Morgan fingerprint density at radius 3 is 2.66 bits per heavy atom. The maximum atomic E-state index is 11.5. The standard InChI is InChI=1S/C24H32N6O2/c1-17(31)28-12-8-20(9-13-28)26-23-6-10-25-24(27-23)30-15-21(22(32)16-30)29-11-7-18-4-2-3-5-19(18)14-29/h2-6,10,20-22,32H,7-9,11-16H2,1H3,(H,25,26,27)/t21-,22-/m1/s1. The number of piperidine rings is 1. The van der Waals surface area contributed by atoms with Gasteiger partial charge in [-0.2, -0.15) is 4.98 Å². The molecule has 3 aliphatic heterocycles. The van der Waals surface area contributed by atoms with Crippen molar-refractivity contribution in [2.75, 3.05) is 42.9 Å². The highest BCUT2D eigenvalue weighted by Gasteiger charge is 2.37. The molecule has 1 amide bonds. The first-order valence-corrected chi connectivity index (χ1v) is 11.7. The molecule has 32 heavy (non-hydrogen) atoms. The number of nitrogens with one attached hydrogen (secondary N) is 1. The third-order valence-corrected chi connectivity index (χ3v) is 7.11. The van der Waals surface area contributed by atoms with E-state index in [1.54, 1.807) is 13.1 Å². The number of likely N-dealkylation sites (tertiary alicyclic amines) is 1. The van der Waals surface area contributed by atoms with Gasteiger partial charge >= 0.3 is 0 Å². The van der Waals surface area contributed by atoms with Gasteiger partial charge in [0, 0.05) is 58.4 Å². The summed E-state index contributed by atoms with van der Waals surface area (Å²) in [5.41, 5.74) is 2.78. The Hall–Kier alpha value is -2.71. The molecule has 2 aromatic rings. The molecule has 8 nitrogen and oxygen atoms in total. The molecule has 1 aromatic heterocycles. The zero-order chi connectivity index (χ0) is 22.1. The van der Waals surface area contributed by atoms with Crippen molar-refractivity contribution in [2.24, 2.45) is 0 Å². The molecule has 4 heterocycles. The van der Waals surface area contributed by atoms with Gasteiger partial charge in [0.05, 0.1) is 12.1 Å². The van der Waals surface area contributed by atoms with Gasteiger partial charge in [-0.25, -0.2) is 4.98 Å². The lowest BCUT2D eigenvalue weighted by Gasteiger charge is -2.34. The Bertz CT molecular complexity index is 961. The van der Waals surface area contributed by atoms with E-state index in [1.165, 1.54) is 11.1 Å². The first kappa shape index (κ1) is 21.2. The minimum atomic E-state index is -0.420. The molecule has 3 aliphatic rings. The lowest BCUT2D eigenvalue weighted by atomic mass is 9.98. The van der Waals surface area contributed by atoms with Gasteiger partial charge in [-0.1, -0.05) is 24.3 Å². The number of benzene rings is 1. The molecule has 0 aliphatic carbocycles. The third-order valence-electron chi connectivity index (χ3n) is 7.11. The first-order chi connectivity index (χ1) is 15.6. The van der Waals surface area contributed by atoms with Gasteiger partial charge in [-0.05, 0) is 36.5 Å². The third kappa shape index (κ3) is 4.42. The number of β-amino-alcohol motifs (C(OH)–C–C–N with tert-alkyl or cyclic N) is 1. The van der Waals surface area contributed by atoms with Crippen LogP contribution in [0.5, 0.6) is 0 Å². The number of hydrogen-bond donors (Lipinski definition) is 2. The Labute approximate surface area is 189 Å². The van der Waals surface area contributed by atoms with Gasteiger partial charge in [-0.3, -0.25) is 9.69 Å². The number of fused-ring (bicyclic) bond motifs is 1. The monoisotopic (exact) mass is 436 g/mol. The summed E-state index contributed by atoms with van der Waals surface area (Å²) in [5.74, 6) is 1.61. The van der Waals surface area contributed by atoms with Crippen LogP contribution in [0.3, 0.4) is 0 Å². The van der Waals surface area contributed by atoms with Gasteiger partial charge in [0.1, 0.15) is 5.82 Å². The van der Waals surface area contributed by atoms with E-state index >= 15 is 0 Å². The maximum Gasteiger partial charge on any atom is 0.227 e. The van der Waals surface area contributed by atoms with Crippen LogP contribution in [0.1, 0.15) is 30.9 Å². The van der Waals surface area contributed by atoms with Crippen molar-refractivity contribution >= 4 is 17.7 Å². The van der Waals surface area contributed by atoms with Crippen molar-refractivity contribution in [3.8, 4) is 0 Å². The zero-order valence-electron chi connectivity index (χ0n) is 18.7. The number of aliphatic hydroxyl groups is 1. The van der Waals surface area contributed by atoms with Crippen LogP contribution in [-0.2, 0) is 17.8 Å². The summed E-state index contributed by atoms with van der Waals surface area (Å²) < 4.78 is 0. The molecule has 0 unspecified atom stereocenters. The predicted molar refractivity (Wildman–Crippen MR) is 123 cm³/mol. The average molecular weight is 437 g/mol. The van der Waals surface area contributed by atoms with Gasteiger partial charge < -0.3 is 20.2 Å². The van der Waals surface area contributed by atoms with E-state index in [-0.39, 0.29) is 11.9 Å². The molecule has 2 atom stereocenters. The molecule has 0 bridgehead atoms. The van der Waals surface area contributed by atoms with E-state index in [4.69, 9.17) is 4.98 Å². The average Bonchev–Trinajstić information content (AvgIpc) is 3.21. The molecule has 2 fully saturated rings. The molecule has 8 heteroatoms. The van der Waals surface area contributed by atoms with Crippen molar-refractivity contribution < 1.29 is 9.90 Å². The van der Waals surface area contributed by atoms with Gasteiger partial charge in [0.15, 0.2) is 0 Å². The second-order valence-corrected chi connectivity index (χ2v) is 9.20. The van der Waals surface area contributed by atoms with E-state index in [0.29, 0.717) is 18.5 Å². The number of carbonyl (C=O) groups is 1. The minimum Gasteiger partial charge on any atom is -0.390 e. The highest BCUT2D eigenvalue weighted by atomic mass is 16.3. The predicted octanol–water partition coefficient (Wildman–Crippen LogP) is 1.51. The smallest absolute Gasteiger partial charge is 0.227 e. The molecule has 0 radical (unpaired) electrons. The second kappa shape index (κ2) is 9.03. The molecule has 170 valence electrons. The zero-order valence-corrected chi connectivity index (χ0v) is 18.7. The fraction of sp³-hybridized carbons (Fsp3) is 0.542. The molecular weight excluding hydrogens is 404 g/mol. The van der Waals surface area contributed by atoms with Gasteiger partial charge in [0.25, 0.3) is 0 Å². The minimum absolute atomic E-state index is 0.0829. The highest BCUT2D eigenvalue weighted by Crippen LogP contribution is 2.27. The number of aliphatic hydroxyl groups excluding tert-OH is 1. The molecular formula is C24H32N6O2. The van der Waals surface area contributed by atoms with Gasteiger partial charge in [-0.15, -0.1) is 0 Å². The van der Waals surface area contributed by atoms with Crippen LogP contribution < -0.4 is 10.2 Å². The summed E-state index contributed by atoms with van der Waals surface area (Å²) in [4.78, 5) is 27.2. The molecule has 1 aromatic carbocycles. The number of hydrogen-bond acceptors (Lipinski definition) is 7. The maximum absolute atomic E-state index is 11.5. The number of anilines is 2. The summed E-state index contributed by atoms with van der Waals surface area (Å²) in [6.45, 7) is 6.31. The van der Waals surface area contributed by atoms with Crippen molar-refractivity contribution in [3.63, 3.8) is 0 Å². The number of carbonyl (C=O) groups excluding carboxylic acids is 1. The van der Waals surface area contributed by atoms with E-state index in [1.807, 2.05) is 11.0 Å². The Morgan fingerprint density at radius 2 is 1.88 bits per heavy atom. The van der Waals surface area contributed by atoms with Crippen LogP contribution >= 0.6 is 0 Å². The van der Waals surface area contributed by atoms with Crippen LogP contribution in [0.4, 0.5) is 11.8 Å². The summed E-state index contributed by atoms with van der Waals surface area (Å²) in [5, 5.41) is 14.3. The Balaban J connectivity index is 1.21. The summed E-state index contributed by atoms with van der Waals surface area (Å²) >= 11 is 0. The summed E-state index contributed by atoms with van der Waals surface area (Å²) in [7, 11) is 0. The molecule has 2 N–H and O–H groups in total. The first-order valence-electron chi connectivity index (χ1n) is 11.7. The van der Waals surface area contributed by atoms with E-state index in [0.717, 1.165) is 57.8 Å². The number of rotatable bonds is 4. The number of amides is 1. The van der Waals surface area contributed by atoms with Crippen LogP contribution in [0.15, 0.2) is 36.5 Å². The lowest BCUT2D eigenvalue weighted by Crippen LogP contribution is -2.45. The van der Waals surface area contributed by atoms with Crippen molar-refractivity contribution in [3.05, 3.63) is 47.7 Å². The quantitative estimate of drug-likeness (QED) is 0.752. The molecule has 0 spiro atoms. The highest BCUT2D eigenvalue weighted by molar-refractivity contribution is 5.73. The summed E-state index contributed by atoms with van der Waals surface area (Å²) in [6.07, 6.45) is 4.22. The van der Waals surface area contributed by atoms with E-state index < -0.39 is 6.10 Å². The van der Waals surface area contributed by atoms with E-state index in [9.17, 15) is 9.90 Å². The normalized spacial score (nSPS) is 24.4. The van der Waals surface area contributed by atoms with Crippen LogP contribution in [0.2, 0.25) is 0 Å². The number of aromatic nitrogens is 2. The van der Waals surface area contributed by atoms with Crippen LogP contribution in [-0.4, -0.2) is 81.7 Å². The van der Waals surface area contributed by atoms with Gasteiger partial charge in [0.2, 0.25) is 11.9 Å². The molecule has 2 saturated heterocycles. The largest absolute Gasteiger partial charge is 0.390 e. The summed E-state index contributed by atoms with van der Waals surface area (Å²) in [6, 6.07) is 10.9. The van der Waals surface area contributed by atoms with Crippen LogP contribution in [0, 0.1) is 0 Å².